The van der Waals surface area contributed by atoms with Crippen molar-refractivity contribution in [2.45, 2.75) is 11.4 Å². The van der Waals surface area contributed by atoms with Crippen LogP contribution in [0.2, 0.25) is 0 Å². The minimum absolute atomic E-state index is 0.353. The number of carbonyl (C=O) groups excluding carboxylic acids is 1. The molecule has 0 radical (unpaired) electrons. The lowest BCUT2D eigenvalue weighted by atomic mass is 10.1. The first-order valence-electron chi connectivity index (χ1n) is 6.85. The van der Waals surface area contributed by atoms with Crippen molar-refractivity contribution in [3.63, 3.8) is 0 Å². The van der Waals surface area contributed by atoms with Crippen LogP contribution in [0.3, 0.4) is 0 Å². The van der Waals surface area contributed by atoms with E-state index in [4.69, 9.17) is 9.47 Å². The standard InChI is InChI=1S/C17H19NO3S/c1-18-11-13-10-12(17(19)20-2)4-9-16(13)21-14-5-7-15(22-3)8-6-14/h4-10,18H,11H2,1-3H3. The van der Waals surface area contributed by atoms with Crippen molar-refractivity contribution in [1.82, 2.24) is 5.32 Å². The van der Waals surface area contributed by atoms with E-state index < -0.39 is 0 Å². The van der Waals surface area contributed by atoms with E-state index in [9.17, 15) is 4.79 Å². The van der Waals surface area contributed by atoms with E-state index in [2.05, 4.69) is 5.32 Å². The second-order valence-corrected chi connectivity index (χ2v) is 5.50. The molecule has 116 valence electrons. The summed E-state index contributed by atoms with van der Waals surface area (Å²) in [4.78, 5) is 12.8. The zero-order chi connectivity index (χ0) is 15.9. The Bertz CT molecular complexity index is 641. The van der Waals surface area contributed by atoms with E-state index in [0.717, 1.165) is 17.1 Å². The Morgan fingerprint density at radius 3 is 2.50 bits per heavy atom. The third-order valence-corrected chi connectivity index (χ3v) is 3.88. The van der Waals surface area contributed by atoms with Gasteiger partial charge in [0.15, 0.2) is 0 Å². The number of methoxy groups -OCH3 is 1. The fourth-order valence-electron chi connectivity index (χ4n) is 2.02. The Hall–Kier alpha value is -1.98. The fourth-order valence-corrected chi connectivity index (χ4v) is 2.43. The van der Waals surface area contributed by atoms with Gasteiger partial charge in [0, 0.05) is 17.0 Å². The van der Waals surface area contributed by atoms with Crippen LogP contribution < -0.4 is 10.1 Å². The SMILES string of the molecule is CNCc1cc(C(=O)OC)ccc1Oc1ccc(SC)cc1. The maximum absolute atomic E-state index is 11.6. The third-order valence-electron chi connectivity index (χ3n) is 3.14. The number of esters is 1. The molecule has 0 saturated carbocycles. The fraction of sp³-hybridized carbons (Fsp3) is 0.235. The number of benzene rings is 2. The minimum atomic E-state index is -0.353. The van der Waals surface area contributed by atoms with E-state index in [0.29, 0.717) is 12.1 Å². The number of rotatable bonds is 6. The predicted molar refractivity (Wildman–Crippen MR) is 88.8 cm³/mol. The summed E-state index contributed by atoms with van der Waals surface area (Å²) in [6.07, 6.45) is 2.03. The molecule has 0 bridgehead atoms. The van der Waals surface area contributed by atoms with Gasteiger partial charge < -0.3 is 14.8 Å². The number of thioether (sulfide) groups is 1. The van der Waals surface area contributed by atoms with E-state index >= 15 is 0 Å². The number of hydrogen-bond donors (Lipinski definition) is 1. The van der Waals surface area contributed by atoms with Gasteiger partial charge in [-0.3, -0.25) is 0 Å². The Kier molecular flexibility index (Phi) is 5.86. The Labute approximate surface area is 134 Å². The van der Waals surface area contributed by atoms with Gasteiger partial charge in [-0.1, -0.05) is 0 Å². The highest BCUT2D eigenvalue weighted by molar-refractivity contribution is 7.98. The first-order chi connectivity index (χ1) is 10.7. The predicted octanol–water partition coefficient (Wildman–Crippen LogP) is 3.71. The lowest BCUT2D eigenvalue weighted by molar-refractivity contribution is 0.0600. The number of ether oxygens (including phenoxy) is 2. The van der Waals surface area contributed by atoms with Crippen LogP contribution in [0.25, 0.3) is 0 Å². The molecule has 0 aliphatic heterocycles. The molecule has 0 saturated heterocycles. The van der Waals surface area contributed by atoms with Crippen LogP contribution in [0.5, 0.6) is 11.5 Å². The van der Waals surface area contributed by atoms with Gasteiger partial charge in [0.05, 0.1) is 12.7 Å². The summed E-state index contributed by atoms with van der Waals surface area (Å²) in [5.41, 5.74) is 1.41. The molecule has 0 heterocycles. The zero-order valence-electron chi connectivity index (χ0n) is 12.9. The molecule has 4 nitrogen and oxygen atoms in total. The molecule has 22 heavy (non-hydrogen) atoms. The molecule has 2 rings (SSSR count). The highest BCUT2D eigenvalue weighted by Crippen LogP contribution is 2.28. The molecule has 5 heteroatoms. The molecule has 0 spiro atoms. The van der Waals surface area contributed by atoms with Crippen LogP contribution in [-0.2, 0) is 11.3 Å². The van der Waals surface area contributed by atoms with Gasteiger partial charge in [0.25, 0.3) is 0 Å². The summed E-state index contributed by atoms with van der Waals surface area (Å²) >= 11 is 1.69. The average molecular weight is 317 g/mol. The minimum Gasteiger partial charge on any atom is -0.465 e. The smallest absolute Gasteiger partial charge is 0.337 e. The second-order valence-electron chi connectivity index (χ2n) is 4.62. The summed E-state index contributed by atoms with van der Waals surface area (Å²) in [6, 6.07) is 13.2. The molecule has 0 aliphatic rings. The van der Waals surface area contributed by atoms with E-state index in [1.54, 1.807) is 30.0 Å². The Morgan fingerprint density at radius 2 is 1.91 bits per heavy atom. The molecule has 0 unspecified atom stereocenters. The van der Waals surface area contributed by atoms with Crippen molar-refractivity contribution in [2.24, 2.45) is 0 Å². The van der Waals surface area contributed by atoms with Crippen LogP contribution in [0.15, 0.2) is 47.4 Å². The molecule has 0 aromatic heterocycles. The van der Waals surface area contributed by atoms with Gasteiger partial charge in [0.2, 0.25) is 0 Å². The van der Waals surface area contributed by atoms with Crippen LogP contribution >= 0.6 is 11.8 Å². The van der Waals surface area contributed by atoms with Crippen molar-refractivity contribution in [2.75, 3.05) is 20.4 Å². The van der Waals surface area contributed by atoms with Gasteiger partial charge in [0.1, 0.15) is 11.5 Å². The van der Waals surface area contributed by atoms with Gasteiger partial charge in [-0.25, -0.2) is 4.79 Å². The van der Waals surface area contributed by atoms with E-state index in [-0.39, 0.29) is 5.97 Å². The highest BCUT2D eigenvalue weighted by Gasteiger charge is 2.11. The molecule has 0 aliphatic carbocycles. The molecule has 2 aromatic rings. The number of nitrogens with one attached hydrogen (secondary N) is 1. The van der Waals surface area contributed by atoms with Crippen molar-refractivity contribution in [1.29, 1.82) is 0 Å². The summed E-state index contributed by atoms with van der Waals surface area (Å²) in [7, 11) is 3.22. The number of carbonyl (C=O) groups is 1. The maximum atomic E-state index is 11.6. The van der Waals surface area contributed by atoms with Crippen molar-refractivity contribution >= 4 is 17.7 Å². The first-order valence-corrected chi connectivity index (χ1v) is 8.08. The molecule has 1 N–H and O–H groups in total. The van der Waals surface area contributed by atoms with Crippen LogP contribution in [0, 0.1) is 0 Å². The molecule has 0 atom stereocenters. The second kappa shape index (κ2) is 7.87. The molecule has 0 fully saturated rings. The van der Waals surface area contributed by atoms with Crippen LogP contribution in [-0.4, -0.2) is 26.4 Å². The van der Waals surface area contributed by atoms with E-state index in [1.165, 1.54) is 12.0 Å². The average Bonchev–Trinajstić information content (AvgIpc) is 2.56. The normalized spacial score (nSPS) is 10.3. The van der Waals surface area contributed by atoms with Crippen LogP contribution in [0.4, 0.5) is 0 Å². The summed E-state index contributed by atoms with van der Waals surface area (Å²) < 4.78 is 10.7. The topological polar surface area (TPSA) is 47.6 Å². The molecule has 2 aromatic carbocycles. The van der Waals surface area contributed by atoms with Gasteiger partial charge >= 0.3 is 5.97 Å². The Morgan fingerprint density at radius 1 is 1.18 bits per heavy atom. The molecule has 0 amide bonds. The lowest BCUT2D eigenvalue weighted by Crippen LogP contribution is -2.09. The van der Waals surface area contributed by atoms with Gasteiger partial charge in [-0.15, -0.1) is 11.8 Å². The van der Waals surface area contributed by atoms with E-state index in [1.807, 2.05) is 37.6 Å². The monoisotopic (exact) mass is 317 g/mol. The summed E-state index contributed by atoms with van der Waals surface area (Å²) in [6.45, 7) is 0.600. The van der Waals surface area contributed by atoms with Crippen molar-refractivity contribution < 1.29 is 14.3 Å². The van der Waals surface area contributed by atoms with Gasteiger partial charge in [-0.05, 0) is 55.8 Å². The molecular weight excluding hydrogens is 298 g/mol. The molecular formula is C17H19NO3S. The van der Waals surface area contributed by atoms with Crippen LogP contribution in [0.1, 0.15) is 15.9 Å². The highest BCUT2D eigenvalue weighted by atomic mass is 32.2. The summed E-state index contributed by atoms with van der Waals surface area (Å²) in [5, 5.41) is 3.08. The summed E-state index contributed by atoms with van der Waals surface area (Å²) in [5.74, 6) is 1.13. The number of hydrogen-bond acceptors (Lipinski definition) is 5. The first kappa shape index (κ1) is 16.4. The lowest BCUT2D eigenvalue weighted by Gasteiger charge is -2.12. The maximum Gasteiger partial charge on any atom is 0.337 e. The van der Waals surface area contributed by atoms with Gasteiger partial charge in [-0.2, -0.15) is 0 Å². The van der Waals surface area contributed by atoms with Crippen molar-refractivity contribution in [3.8, 4) is 11.5 Å². The zero-order valence-corrected chi connectivity index (χ0v) is 13.7. The third kappa shape index (κ3) is 4.02. The quantitative estimate of drug-likeness (QED) is 0.650. The van der Waals surface area contributed by atoms with Crippen molar-refractivity contribution in [3.05, 3.63) is 53.6 Å². The Balaban J connectivity index is 2.26. The largest absolute Gasteiger partial charge is 0.465 e.